The van der Waals surface area contributed by atoms with Crippen molar-refractivity contribution in [2.24, 2.45) is 4.99 Å². The van der Waals surface area contributed by atoms with E-state index in [9.17, 15) is 0 Å². The maximum atomic E-state index is 6.87. The number of amidine groups is 1. The van der Waals surface area contributed by atoms with Gasteiger partial charge >= 0.3 is 0 Å². The normalized spacial score (nSPS) is 18.4. The number of furan rings is 1. The molecule has 0 N–H and O–H groups in total. The predicted molar refractivity (Wildman–Crippen MR) is 147 cm³/mol. The highest BCUT2D eigenvalue weighted by Gasteiger charge is 2.40. The number of rotatable bonds is 4. The van der Waals surface area contributed by atoms with E-state index < -0.39 is 0 Å². The number of aliphatic imine (C=N–C) groups is 1. The van der Waals surface area contributed by atoms with Gasteiger partial charge in [0.15, 0.2) is 0 Å². The topological polar surface area (TPSA) is 28.7 Å². The van der Waals surface area contributed by atoms with Gasteiger partial charge in [0, 0.05) is 22.5 Å². The Morgan fingerprint density at radius 2 is 1.31 bits per heavy atom. The van der Waals surface area contributed by atoms with Crippen molar-refractivity contribution < 1.29 is 4.42 Å². The summed E-state index contributed by atoms with van der Waals surface area (Å²) in [6.07, 6.45) is 8.31. The fourth-order valence-electron chi connectivity index (χ4n) is 5.44. The van der Waals surface area contributed by atoms with Crippen LogP contribution in [0.5, 0.6) is 0 Å². The first kappa shape index (κ1) is 20.7. The standard InChI is InChI=1S/C33H24N2O/c1-3-13-23(14-4-1)25-17-7-8-18-26(25)32-27-19-9-10-20-28(27)33(36-32)30-31(24-15-5-2-6-16-24)35-22-12-11-21-29(35)34-30/h1-22,30-31H. The Kier molecular flexibility index (Phi) is 4.92. The first-order chi connectivity index (χ1) is 17.9. The van der Waals surface area contributed by atoms with E-state index in [1.54, 1.807) is 0 Å². The summed E-state index contributed by atoms with van der Waals surface area (Å²) in [7, 11) is 0. The van der Waals surface area contributed by atoms with Crippen molar-refractivity contribution in [3.8, 4) is 22.5 Å². The van der Waals surface area contributed by atoms with Crippen LogP contribution in [-0.2, 0) is 0 Å². The van der Waals surface area contributed by atoms with Crippen molar-refractivity contribution >= 4 is 16.6 Å². The summed E-state index contributed by atoms with van der Waals surface area (Å²) >= 11 is 0. The molecule has 3 heterocycles. The molecule has 172 valence electrons. The van der Waals surface area contributed by atoms with Gasteiger partial charge in [-0.15, -0.1) is 0 Å². The van der Waals surface area contributed by atoms with Gasteiger partial charge in [0.1, 0.15) is 23.4 Å². The Labute approximate surface area is 210 Å². The lowest BCUT2D eigenvalue weighted by Gasteiger charge is -2.27. The number of fused-ring (bicyclic) bond motifs is 2. The third kappa shape index (κ3) is 3.32. The van der Waals surface area contributed by atoms with Gasteiger partial charge in [-0.2, -0.15) is 0 Å². The van der Waals surface area contributed by atoms with Crippen LogP contribution in [0.25, 0.3) is 33.2 Å². The zero-order valence-corrected chi connectivity index (χ0v) is 19.7. The van der Waals surface area contributed by atoms with Crippen LogP contribution in [0.15, 0.2) is 143 Å². The first-order valence-corrected chi connectivity index (χ1v) is 12.3. The minimum atomic E-state index is -0.169. The van der Waals surface area contributed by atoms with Crippen molar-refractivity contribution in [1.82, 2.24) is 4.90 Å². The van der Waals surface area contributed by atoms with Gasteiger partial charge < -0.3 is 9.32 Å². The second-order valence-corrected chi connectivity index (χ2v) is 9.15. The lowest BCUT2D eigenvalue weighted by atomic mass is 9.94. The Hall–Kier alpha value is -4.63. The monoisotopic (exact) mass is 464 g/mol. The van der Waals surface area contributed by atoms with Gasteiger partial charge in [-0.25, -0.2) is 0 Å². The molecule has 0 saturated carbocycles. The largest absolute Gasteiger partial charge is 0.457 e. The second-order valence-electron chi connectivity index (χ2n) is 9.15. The molecule has 0 fully saturated rings. The molecule has 0 bridgehead atoms. The minimum absolute atomic E-state index is 0.0224. The van der Waals surface area contributed by atoms with Crippen LogP contribution in [0.2, 0.25) is 0 Å². The third-order valence-corrected chi connectivity index (χ3v) is 7.05. The molecule has 4 aromatic carbocycles. The Morgan fingerprint density at radius 1 is 0.639 bits per heavy atom. The van der Waals surface area contributed by atoms with Gasteiger partial charge in [-0.1, -0.05) is 115 Å². The summed E-state index contributed by atoms with van der Waals surface area (Å²) in [4.78, 5) is 7.45. The molecule has 3 heteroatoms. The van der Waals surface area contributed by atoms with Crippen LogP contribution < -0.4 is 0 Å². The van der Waals surface area contributed by atoms with E-state index in [1.165, 1.54) is 11.1 Å². The highest BCUT2D eigenvalue weighted by Crippen LogP contribution is 2.48. The quantitative estimate of drug-likeness (QED) is 0.267. The third-order valence-electron chi connectivity index (χ3n) is 7.05. The van der Waals surface area contributed by atoms with Crippen molar-refractivity contribution in [3.63, 3.8) is 0 Å². The molecule has 0 spiro atoms. The predicted octanol–water partition coefficient (Wildman–Crippen LogP) is 8.35. The Balaban J connectivity index is 1.44. The van der Waals surface area contributed by atoms with Crippen molar-refractivity contribution in [3.05, 3.63) is 145 Å². The molecule has 1 aromatic heterocycles. The molecular formula is C33H24N2O. The van der Waals surface area contributed by atoms with E-state index in [0.717, 1.165) is 39.3 Å². The number of hydrogen-bond donors (Lipinski definition) is 0. The molecule has 2 aliphatic rings. The van der Waals surface area contributed by atoms with Crippen molar-refractivity contribution in [2.75, 3.05) is 0 Å². The Morgan fingerprint density at radius 3 is 2.11 bits per heavy atom. The Bertz CT molecular complexity index is 1640. The molecule has 5 aromatic rings. The second kappa shape index (κ2) is 8.54. The fourth-order valence-corrected chi connectivity index (χ4v) is 5.44. The van der Waals surface area contributed by atoms with Crippen LogP contribution in [0.4, 0.5) is 0 Å². The molecule has 3 nitrogen and oxygen atoms in total. The van der Waals surface area contributed by atoms with Crippen LogP contribution in [0.3, 0.4) is 0 Å². The molecule has 0 amide bonds. The highest BCUT2D eigenvalue weighted by molar-refractivity contribution is 6.01. The van der Waals surface area contributed by atoms with E-state index in [2.05, 4.69) is 126 Å². The van der Waals surface area contributed by atoms with Crippen molar-refractivity contribution in [2.45, 2.75) is 12.1 Å². The lowest BCUT2D eigenvalue weighted by Crippen LogP contribution is -2.26. The maximum Gasteiger partial charge on any atom is 0.142 e. The molecule has 7 rings (SSSR count). The van der Waals surface area contributed by atoms with E-state index in [1.807, 2.05) is 12.1 Å². The van der Waals surface area contributed by atoms with E-state index >= 15 is 0 Å². The first-order valence-electron chi connectivity index (χ1n) is 12.3. The zero-order chi connectivity index (χ0) is 23.9. The number of hydrogen-bond acceptors (Lipinski definition) is 3. The SMILES string of the molecule is C1=CC2=NC(c3oc(-c4ccccc4-c4ccccc4)c4ccccc34)C(c3ccccc3)N2C=C1. The van der Waals surface area contributed by atoms with Gasteiger partial charge in [0.25, 0.3) is 0 Å². The molecule has 2 aliphatic heterocycles. The number of allylic oxidation sites excluding steroid dienone is 2. The molecule has 0 saturated heterocycles. The summed E-state index contributed by atoms with van der Waals surface area (Å²) in [6.45, 7) is 0. The summed E-state index contributed by atoms with van der Waals surface area (Å²) in [5, 5.41) is 2.22. The average Bonchev–Trinajstić information content (AvgIpc) is 3.53. The van der Waals surface area contributed by atoms with Gasteiger partial charge in [0.2, 0.25) is 0 Å². The average molecular weight is 465 g/mol. The smallest absolute Gasteiger partial charge is 0.142 e. The molecule has 36 heavy (non-hydrogen) atoms. The van der Waals surface area contributed by atoms with Gasteiger partial charge in [0.05, 0.1) is 6.04 Å². The minimum Gasteiger partial charge on any atom is -0.457 e. The fraction of sp³-hybridized carbons (Fsp3) is 0.0606. The van der Waals surface area contributed by atoms with E-state index in [-0.39, 0.29) is 12.1 Å². The molecular weight excluding hydrogens is 440 g/mol. The summed E-state index contributed by atoms with van der Waals surface area (Å²) in [6, 6.07) is 37.9. The zero-order valence-electron chi connectivity index (χ0n) is 19.7. The van der Waals surface area contributed by atoms with Crippen LogP contribution >= 0.6 is 0 Å². The van der Waals surface area contributed by atoms with E-state index in [4.69, 9.17) is 9.41 Å². The van der Waals surface area contributed by atoms with Gasteiger partial charge in [-0.05, 0) is 28.8 Å². The van der Waals surface area contributed by atoms with Crippen LogP contribution in [-0.4, -0.2) is 10.7 Å². The summed E-state index contributed by atoms with van der Waals surface area (Å²) in [5.41, 5.74) is 4.63. The van der Waals surface area contributed by atoms with E-state index in [0.29, 0.717) is 0 Å². The van der Waals surface area contributed by atoms with Crippen molar-refractivity contribution in [1.29, 1.82) is 0 Å². The molecule has 0 radical (unpaired) electrons. The van der Waals surface area contributed by atoms with Gasteiger partial charge in [-0.3, -0.25) is 4.99 Å². The van der Waals surface area contributed by atoms with Crippen LogP contribution in [0, 0.1) is 0 Å². The lowest BCUT2D eigenvalue weighted by molar-refractivity contribution is 0.357. The molecule has 2 atom stereocenters. The number of nitrogens with zero attached hydrogens (tertiary/aromatic N) is 2. The summed E-state index contributed by atoms with van der Waals surface area (Å²) < 4.78 is 6.87. The van der Waals surface area contributed by atoms with Crippen LogP contribution in [0.1, 0.15) is 23.4 Å². The molecule has 2 unspecified atom stereocenters. The highest BCUT2D eigenvalue weighted by atomic mass is 16.3. The summed E-state index contributed by atoms with van der Waals surface area (Å²) in [5.74, 6) is 2.76. The maximum absolute atomic E-state index is 6.87. The number of benzene rings is 4. The molecule has 0 aliphatic carbocycles.